The average Bonchev–Trinajstić information content (AvgIpc) is 2.85. The second-order valence-electron chi connectivity index (χ2n) is 5.27. The summed E-state index contributed by atoms with van der Waals surface area (Å²) in [5.41, 5.74) is 2.10. The second-order valence-corrected chi connectivity index (χ2v) is 5.71. The molecule has 0 aliphatic heterocycles. The molecule has 122 valence electrons. The number of rotatable bonds is 7. The number of carbonyl (C=O) groups excluding carboxylic acids is 1. The van der Waals surface area contributed by atoms with Crippen LogP contribution in [0.4, 0.5) is 0 Å². The summed E-state index contributed by atoms with van der Waals surface area (Å²) in [5, 5.41) is 12.3. The summed E-state index contributed by atoms with van der Waals surface area (Å²) in [5.74, 6) is -1.15. The van der Waals surface area contributed by atoms with Gasteiger partial charge in [0.05, 0.1) is 11.8 Å². The molecular weight excluding hydrogens is 318 g/mol. The Kier molecular flexibility index (Phi) is 5.82. The zero-order chi connectivity index (χ0) is 16.8. The minimum Gasteiger partial charge on any atom is -0.481 e. The van der Waals surface area contributed by atoms with E-state index in [2.05, 4.69) is 5.32 Å². The predicted molar refractivity (Wildman–Crippen MR) is 86.9 cm³/mol. The van der Waals surface area contributed by atoms with Gasteiger partial charge >= 0.3 is 5.97 Å². The van der Waals surface area contributed by atoms with Crippen LogP contribution in [-0.2, 0) is 17.6 Å². The molecule has 6 heteroatoms. The number of benzene rings is 1. The molecule has 1 aromatic heterocycles. The number of furan rings is 1. The molecular formula is C17H18ClNO4. The maximum atomic E-state index is 12.2. The van der Waals surface area contributed by atoms with Crippen LogP contribution in [0.3, 0.4) is 0 Å². The molecule has 1 heterocycles. The van der Waals surface area contributed by atoms with Crippen molar-refractivity contribution in [3.05, 3.63) is 58.0 Å². The summed E-state index contributed by atoms with van der Waals surface area (Å²) in [4.78, 5) is 23.0. The van der Waals surface area contributed by atoms with E-state index in [1.807, 2.05) is 24.3 Å². The third kappa shape index (κ3) is 4.86. The number of carboxylic acid groups (broad SMARTS) is 1. The molecule has 0 aliphatic rings. The Labute approximate surface area is 139 Å². The summed E-state index contributed by atoms with van der Waals surface area (Å²) in [6, 6.07) is 7.58. The van der Waals surface area contributed by atoms with Crippen LogP contribution in [0.1, 0.15) is 33.7 Å². The Morgan fingerprint density at radius 1 is 1.26 bits per heavy atom. The Morgan fingerprint density at radius 2 is 1.96 bits per heavy atom. The van der Waals surface area contributed by atoms with Crippen molar-refractivity contribution in [3.8, 4) is 0 Å². The number of aryl methyl sites for hydroxylation is 2. The number of carboxylic acids is 1. The Morgan fingerprint density at radius 3 is 2.61 bits per heavy atom. The SMILES string of the molecule is Cc1coc(CC(=O)O)c1C(=O)NCCCc1ccc(Cl)cc1. The van der Waals surface area contributed by atoms with Crippen molar-refractivity contribution >= 4 is 23.5 Å². The van der Waals surface area contributed by atoms with Crippen molar-refractivity contribution in [2.24, 2.45) is 0 Å². The summed E-state index contributed by atoms with van der Waals surface area (Å²) >= 11 is 5.83. The van der Waals surface area contributed by atoms with Gasteiger partial charge in [-0.1, -0.05) is 23.7 Å². The predicted octanol–water partition coefficient (Wildman–Crippen LogP) is 3.23. The van der Waals surface area contributed by atoms with Crippen LogP contribution in [0.25, 0.3) is 0 Å². The van der Waals surface area contributed by atoms with Gasteiger partial charge in [-0.05, 0) is 37.5 Å². The number of nitrogens with one attached hydrogen (secondary N) is 1. The van der Waals surface area contributed by atoms with Gasteiger partial charge in [0, 0.05) is 17.1 Å². The van der Waals surface area contributed by atoms with Crippen LogP contribution in [0.2, 0.25) is 5.02 Å². The van der Waals surface area contributed by atoms with E-state index >= 15 is 0 Å². The third-order valence-corrected chi connectivity index (χ3v) is 3.68. The fraction of sp³-hybridized carbons (Fsp3) is 0.294. The number of hydrogen-bond donors (Lipinski definition) is 2. The van der Waals surface area contributed by atoms with E-state index in [0.717, 1.165) is 18.4 Å². The summed E-state index contributed by atoms with van der Waals surface area (Å²) < 4.78 is 5.16. The standard InChI is InChI=1S/C17H18ClNO4/c1-11-10-23-14(9-15(20)21)16(11)17(22)19-8-2-3-12-4-6-13(18)7-5-12/h4-7,10H,2-3,8-9H2,1H3,(H,19,22)(H,20,21). The minimum absolute atomic E-state index is 0.185. The highest BCUT2D eigenvalue weighted by Crippen LogP contribution is 2.17. The smallest absolute Gasteiger partial charge is 0.311 e. The lowest BCUT2D eigenvalue weighted by atomic mass is 10.1. The van der Waals surface area contributed by atoms with Gasteiger partial charge in [0.15, 0.2) is 0 Å². The third-order valence-electron chi connectivity index (χ3n) is 3.43. The quantitative estimate of drug-likeness (QED) is 0.761. The minimum atomic E-state index is -1.03. The highest BCUT2D eigenvalue weighted by atomic mass is 35.5. The highest BCUT2D eigenvalue weighted by Gasteiger charge is 2.20. The molecule has 1 aromatic carbocycles. The van der Waals surface area contributed by atoms with Crippen molar-refractivity contribution in [2.75, 3.05) is 6.54 Å². The van der Waals surface area contributed by atoms with Crippen LogP contribution in [0, 0.1) is 6.92 Å². The molecule has 0 spiro atoms. The molecule has 0 atom stereocenters. The number of carbonyl (C=O) groups is 2. The van der Waals surface area contributed by atoms with Gasteiger partial charge in [-0.2, -0.15) is 0 Å². The van der Waals surface area contributed by atoms with Crippen LogP contribution in [0.15, 0.2) is 34.9 Å². The molecule has 2 aromatic rings. The number of halogens is 1. The van der Waals surface area contributed by atoms with E-state index in [1.165, 1.54) is 6.26 Å². The number of hydrogen-bond acceptors (Lipinski definition) is 3. The zero-order valence-corrected chi connectivity index (χ0v) is 13.5. The Hall–Kier alpha value is -2.27. The first-order valence-electron chi connectivity index (χ1n) is 7.28. The van der Waals surface area contributed by atoms with Crippen LogP contribution in [-0.4, -0.2) is 23.5 Å². The molecule has 0 unspecified atom stereocenters. The Bertz CT molecular complexity index is 691. The highest BCUT2D eigenvalue weighted by molar-refractivity contribution is 6.30. The first kappa shape index (κ1) is 17.1. The molecule has 0 fully saturated rings. The number of amides is 1. The summed E-state index contributed by atoms with van der Waals surface area (Å²) in [6.07, 6.45) is 2.70. The lowest BCUT2D eigenvalue weighted by molar-refractivity contribution is -0.136. The van der Waals surface area contributed by atoms with Crippen LogP contribution in [0.5, 0.6) is 0 Å². The maximum absolute atomic E-state index is 12.2. The van der Waals surface area contributed by atoms with Gasteiger partial charge in [0.25, 0.3) is 5.91 Å². The van der Waals surface area contributed by atoms with E-state index in [9.17, 15) is 9.59 Å². The topological polar surface area (TPSA) is 79.5 Å². The van der Waals surface area contributed by atoms with Gasteiger partial charge < -0.3 is 14.8 Å². The monoisotopic (exact) mass is 335 g/mol. The van der Waals surface area contributed by atoms with Crippen molar-refractivity contribution < 1.29 is 19.1 Å². The lowest BCUT2D eigenvalue weighted by Crippen LogP contribution is -2.26. The lowest BCUT2D eigenvalue weighted by Gasteiger charge is -2.06. The van der Waals surface area contributed by atoms with Crippen molar-refractivity contribution in [1.82, 2.24) is 5.32 Å². The largest absolute Gasteiger partial charge is 0.481 e. The average molecular weight is 336 g/mol. The molecule has 0 bridgehead atoms. The van der Waals surface area contributed by atoms with Gasteiger partial charge in [-0.15, -0.1) is 0 Å². The Balaban J connectivity index is 1.86. The zero-order valence-electron chi connectivity index (χ0n) is 12.8. The van der Waals surface area contributed by atoms with Gasteiger partial charge in [0.1, 0.15) is 12.2 Å². The fourth-order valence-electron chi connectivity index (χ4n) is 2.30. The summed E-state index contributed by atoms with van der Waals surface area (Å²) in [6.45, 7) is 2.22. The maximum Gasteiger partial charge on any atom is 0.311 e. The normalized spacial score (nSPS) is 10.5. The van der Waals surface area contributed by atoms with Crippen molar-refractivity contribution in [3.63, 3.8) is 0 Å². The molecule has 5 nitrogen and oxygen atoms in total. The molecule has 0 saturated heterocycles. The van der Waals surface area contributed by atoms with E-state index in [4.69, 9.17) is 21.1 Å². The molecule has 0 aliphatic carbocycles. The molecule has 0 saturated carbocycles. The van der Waals surface area contributed by atoms with Gasteiger partial charge in [0.2, 0.25) is 0 Å². The first-order valence-corrected chi connectivity index (χ1v) is 7.66. The van der Waals surface area contributed by atoms with Gasteiger partial charge in [-0.3, -0.25) is 9.59 Å². The second kappa shape index (κ2) is 7.83. The number of aliphatic carboxylic acids is 1. The summed E-state index contributed by atoms with van der Waals surface area (Å²) in [7, 11) is 0. The van der Waals surface area contributed by atoms with Gasteiger partial charge in [-0.25, -0.2) is 0 Å². The fourth-order valence-corrected chi connectivity index (χ4v) is 2.43. The van der Waals surface area contributed by atoms with E-state index in [0.29, 0.717) is 22.7 Å². The molecule has 23 heavy (non-hydrogen) atoms. The molecule has 2 rings (SSSR count). The first-order chi connectivity index (χ1) is 11.0. The van der Waals surface area contributed by atoms with E-state index in [1.54, 1.807) is 6.92 Å². The van der Waals surface area contributed by atoms with Crippen molar-refractivity contribution in [2.45, 2.75) is 26.2 Å². The molecule has 2 N–H and O–H groups in total. The molecule has 1 amide bonds. The van der Waals surface area contributed by atoms with Crippen LogP contribution < -0.4 is 5.32 Å². The van der Waals surface area contributed by atoms with E-state index in [-0.39, 0.29) is 18.1 Å². The van der Waals surface area contributed by atoms with Crippen molar-refractivity contribution in [1.29, 1.82) is 0 Å². The molecule has 0 radical (unpaired) electrons. The van der Waals surface area contributed by atoms with E-state index < -0.39 is 5.97 Å². The van der Waals surface area contributed by atoms with Crippen LogP contribution >= 0.6 is 11.6 Å².